The molecule has 1 aliphatic heterocycles. The Balaban J connectivity index is 1.88. The van der Waals surface area contributed by atoms with Crippen LogP contribution in [-0.4, -0.2) is 32.9 Å². The van der Waals surface area contributed by atoms with Crippen LogP contribution in [0.2, 0.25) is 0 Å². The molecule has 1 saturated heterocycles. The minimum atomic E-state index is 0.0805. The van der Waals surface area contributed by atoms with Crippen molar-refractivity contribution >= 4 is 11.8 Å². The molecule has 2 heterocycles. The van der Waals surface area contributed by atoms with E-state index in [4.69, 9.17) is 9.63 Å². The second kappa shape index (κ2) is 4.79. The van der Waals surface area contributed by atoms with Gasteiger partial charge in [-0.2, -0.15) is 16.7 Å². The zero-order valence-electron chi connectivity index (χ0n) is 7.98. The van der Waals surface area contributed by atoms with E-state index in [-0.39, 0.29) is 6.61 Å². The van der Waals surface area contributed by atoms with Gasteiger partial charge in [0, 0.05) is 18.1 Å². The standard InChI is InChI=1S/C9H14N2O2S/c12-4-3-8-10-9(13-11-8)6-7-2-1-5-14-7/h7,12H,1-6H2. The van der Waals surface area contributed by atoms with Crippen LogP contribution in [0.5, 0.6) is 0 Å². The Morgan fingerprint density at radius 3 is 3.21 bits per heavy atom. The highest BCUT2D eigenvalue weighted by atomic mass is 32.2. The van der Waals surface area contributed by atoms with Gasteiger partial charge in [-0.05, 0) is 18.6 Å². The molecule has 0 amide bonds. The molecular formula is C9H14N2O2S. The van der Waals surface area contributed by atoms with Crippen molar-refractivity contribution in [2.45, 2.75) is 30.9 Å². The predicted octanol–water partition coefficient (Wildman–Crippen LogP) is 1.04. The first kappa shape index (κ1) is 9.98. The van der Waals surface area contributed by atoms with Crippen molar-refractivity contribution < 1.29 is 9.63 Å². The van der Waals surface area contributed by atoms with Crippen molar-refractivity contribution in [3.63, 3.8) is 0 Å². The zero-order chi connectivity index (χ0) is 9.80. The van der Waals surface area contributed by atoms with Gasteiger partial charge in [-0.15, -0.1) is 0 Å². The average Bonchev–Trinajstić information content (AvgIpc) is 2.79. The third-order valence-corrected chi connectivity index (χ3v) is 3.67. The molecule has 5 heteroatoms. The van der Waals surface area contributed by atoms with E-state index in [9.17, 15) is 0 Å². The van der Waals surface area contributed by atoms with E-state index in [1.807, 2.05) is 11.8 Å². The average molecular weight is 214 g/mol. The fourth-order valence-corrected chi connectivity index (χ4v) is 2.84. The number of aromatic nitrogens is 2. The summed E-state index contributed by atoms with van der Waals surface area (Å²) in [6, 6.07) is 0. The second-order valence-electron chi connectivity index (χ2n) is 3.42. The number of thioether (sulfide) groups is 1. The van der Waals surface area contributed by atoms with Crippen molar-refractivity contribution in [2.75, 3.05) is 12.4 Å². The summed E-state index contributed by atoms with van der Waals surface area (Å²) >= 11 is 1.98. The van der Waals surface area contributed by atoms with E-state index in [1.165, 1.54) is 18.6 Å². The molecule has 0 saturated carbocycles. The molecule has 0 radical (unpaired) electrons. The smallest absolute Gasteiger partial charge is 0.227 e. The molecule has 14 heavy (non-hydrogen) atoms. The normalized spacial score (nSPS) is 21.6. The van der Waals surface area contributed by atoms with Crippen LogP contribution in [0.25, 0.3) is 0 Å². The minimum Gasteiger partial charge on any atom is -0.396 e. The highest BCUT2D eigenvalue weighted by Gasteiger charge is 2.19. The first-order chi connectivity index (χ1) is 6.88. The molecule has 78 valence electrons. The van der Waals surface area contributed by atoms with Gasteiger partial charge in [0.05, 0.1) is 6.61 Å². The van der Waals surface area contributed by atoms with Gasteiger partial charge in [-0.25, -0.2) is 0 Å². The Morgan fingerprint density at radius 2 is 2.50 bits per heavy atom. The number of hydrogen-bond donors (Lipinski definition) is 1. The minimum absolute atomic E-state index is 0.0805. The van der Waals surface area contributed by atoms with E-state index in [2.05, 4.69) is 10.1 Å². The van der Waals surface area contributed by atoms with Gasteiger partial charge in [0.2, 0.25) is 5.89 Å². The van der Waals surface area contributed by atoms with Gasteiger partial charge < -0.3 is 9.63 Å². The molecule has 1 atom stereocenters. The van der Waals surface area contributed by atoms with E-state index in [0.29, 0.717) is 23.4 Å². The maximum absolute atomic E-state index is 8.69. The molecule has 0 aliphatic carbocycles. The monoisotopic (exact) mass is 214 g/mol. The van der Waals surface area contributed by atoms with E-state index < -0.39 is 0 Å². The lowest BCUT2D eigenvalue weighted by molar-refractivity contribution is 0.292. The van der Waals surface area contributed by atoms with Gasteiger partial charge in [-0.3, -0.25) is 0 Å². The second-order valence-corrected chi connectivity index (χ2v) is 4.83. The summed E-state index contributed by atoms with van der Waals surface area (Å²) in [7, 11) is 0. The Hall–Kier alpha value is -0.550. The molecular weight excluding hydrogens is 200 g/mol. The van der Waals surface area contributed by atoms with Crippen LogP contribution in [-0.2, 0) is 12.8 Å². The Kier molecular flexibility index (Phi) is 3.42. The Labute approximate surface area is 87.1 Å². The molecule has 1 aromatic heterocycles. The topological polar surface area (TPSA) is 59.2 Å². The number of aliphatic hydroxyl groups excluding tert-OH is 1. The largest absolute Gasteiger partial charge is 0.396 e. The van der Waals surface area contributed by atoms with Gasteiger partial charge in [0.25, 0.3) is 0 Å². The predicted molar refractivity (Wildman–Crippen MR) is 54.3 cm³/mol. The van der Waals surface area contributed by atoms with Gasteiger partial charge in [0.15, 0.2) is 5.82 Å². The van der Waals surface area contributed by atoms with Crippen LogP contribution in [0.3, 0.4) is 0 Å². The van der Waals surface area contributed by atoms with Crippen molar-refractivity contribution in [3.05, 3.63) is 11.7 Å². The van der Waals surface area contributed by atoms with Gasteiger partial charge >= 0.3 is 0 Å². The maximum Gasteiger partial charge on any atom is 0.227 e. The molecule has 1 unspecified atom stereocenters. The maximum atomic E-state index is 8.69. The summed E-state index contributed by atoms with van der Waals surface area (Å²) in [6.07, 6.45) is 3.92. The zero-order valence-corrected chi connectivity index (χ0v) is 8.79. The van der Waals surface area contributed by atoms with Crippen LogP contribution in [0.15, 0.2) is 4.52 Å². The summed E-state index contributed by atoms with van der Waals surface area (Å²) in [5.41, 5.74) is 0. The molecule has 0 bridgehead atoms. The Morgan fingerprint density at radius 1 is 1.57 bits per heavy atom. The number of aliphatic hydroxyl groups is 1. The third kappa shape index (κ3) is 2.48. The summed E-state index contributed by atoms with van der Waals surface area (Å²) in [6.45, 7) is 0.0805. The summed E-state index contributed by atoms with van der Waals surface area (Å²) in [5.74, 6) is 2.58. The molecule has 1 fully saturated rings. The molecule has 1 aliphatic rings. The van der Waals surface area contributed by atoms with Crippen LogP contribution in [0, 0.1) is 0 Å². The fraction of sp³-hybridized carbons (Fsp3) is 0.778. The molecule has 2 rings (SSSR count). The van der Waals surface area contributed by atoms with Crippen molar-refractivity contribution in [3.8, 4) is 0 Å². The lowest BCUT2D eigenvalue weighted by atomic mass is 10.2. The Bertz CT molecular complexity index is 284. The van der Waals surface area contributed by atoms with Crippen LogP contribution in [0.1, 0.15) is 24.6 Å². The lowest BCUT2D eigenvalue weighted by Crippen LogP contribution is -2.02. The first-order valence-electron chi connectivity index (χ1n) is 4.92. The van der Waals surface area contributed by atoms with E-state index in [1.54, 1.807) is 0 Å². The lowest BCUT2D eigenvalue weighted by Gasteiger charge is -2.02. The molecule has 1 aromatic rings. The highest BCUT2D eigenvalue weighted by Crippen LogP contribution is 2.28. The van der Waals surface area contributed by atoms with Gasteiger partial charge in [-0.1, -0.05) is 5.16 Å². The molecule has 0 aromatic carbocycles. The number of hydrogen-bond acceptors (Lipinski definition) is 5. The third-order valence-electron chi connectivity index (χ3n) is 2.27. The van der Waals surface area contributed by atoms with Crippen LogP contribution in [0.4, 0.5) is 0 Å². The van der Waals surface area contributed by atoms with Crippen LogP contribution >= 0.6 is 11.8 Å². The van der Waals surface area contributed by atoms with E-state index >= 15 is 0 Å². The quantitative estimate of drug-likeness (QED) is 0.811. The number of rotatable bonds is 4. The van der Waals surface area contributed by atoms with Crippen molar-refractivity contribution in [1.82, 2.24) is 10.1 Å². The summed E-state index contributed by atoms with van der Waals surface area (Å²) in [5, 5.41) is 13.1. The van der Waals surface area contributed by atoms with Crippen molar-refractivity contribution in [1.29, 1.82) is 0 Å². The van der Waals surface area contributed by atoms with E-state index in [0.717, 1.165) is 6.42 Å². The summed E-state index contributed by atoms with van der Waals surface area (Å²) in [4.78, 5) is 4.21. The summed E-state index contributed by atoms with van der Waals surface area (Å²) < 4.78 is 5.09. The molecule has 1 N–H and O–H groups in total. The van der Waals surface area contributed by atoms with Crippen molar-refractivity contribution in [2.24, 2.45) is 0 Å². The molecule has 0 spiro atoms. The SMILES string of the molecule is OCCc1noc(CC2CCCS2)n1. The number of nitrogens with zero attached hydrogens (tertiary/aromatic N) is 2. The first-order valence-corrected chi connectivity index (χ1v) is 5.97. The van der Waals surface area contributed by atoms with Crippen LogP contribution < -0.4 is 0 Å². The molecule has 4 nitrogen and oxygen atoms in total. The fourth-order valence-electron chi connectivity index (χ4n) is 1.57. The van der Waals surface area contributed by atoms with Gasteiger partial charge in [0.1, 0.15) is 0 Å². The highest BCUT2D eigenvalue weighted by molar-refractivity contribution is 8.00.